The van der Waals surface area contributed by atoms with E-state index < -0.39 is 0 Å². The minimum atomic E-state index is -0.303. The Morgan fingerprint density at radius 2 is 1.80 bits per heavy atom. The Bertz CT molecular complexity index is 480. The Kier molecular flexibility index (Phi) is 3.05. The van der Waals surface area contributed by atoms with Gasteiger partial charge in [0.05, 0.1) is 6.17 Å². The Hall–Kier alpha value is -0.900. The molecule has 0 saturated heterocycles. The lowest BCUT2D eigenvalue weighted by molar-refractivity contribution is 0.702. The van der Waals surface area contributed by atoms with Crippen LogP contribution in [0.1, 0.15) is 5.56 Å². The largest absolute Gasteiger partial charge is 0.316 e. The number of fused-ring (bicyclic) bond motifs is 1. The number of benzene rings is 2. The highest BCUT2D eigenvalue weighted by Gasteiger charge is 2.06. The Morgan fingerprint density at radius 3 is 2.53 bits per heavy atom. The summed E-state index contributed by atoms with van der Waals surface area (Å²) < 4.78 is 1.10. The lowest BCUT2D eigenvalue weighted by Gasteiger charge is -2.10. The maximum absolute atomic E-state index is 5.59. The molecule has 0 aromatic heterocycles. The molecule has 2 aromatic carbocycles. The first-order valence-electron chi connectivity index (χ1n) is 4.86. The quantitative estimate of drug-likeness (QED) is 0.819. The van der Waals surface area contributed by atoms with E-state index in [1.54, 1.807) is 0 Å². The summed E-state index contributed by atoms with van der Waals surface area (Å²) in [6.07, 6.45) is 0.383. The van der Waals surface area contributed by atoms with Crippen molar-refractivity contribution in [2.45, 2.75) is 12.6 Å². The van der Waals surface area contributed by atoms with Gasteiger partial charge in [-0.05, 0) is 32.3 Å². The SMILES string of the molecule is NC(N)Cc1ccc2ccccc2c1Br. The molecule has 0 fully saturated rings. The molecule has 0 aliphatic carbocycles. The molecule has 0 spiro atoms. The van der Waals surface area contributed by atoms with E-state index in [9.17, 15) is 0 Å². The van der Waals surface area contributed by atoms with Crippen LogP contribution in [0.4, 0.5) is 0 Å². The number of hydrogen-bond acceptors (Lipinski definition) is 2. The number of halogens is 1. The van der Waals surface area contributed by atoms with Gasteiger partial charge in [0.1, 0.15) is 0 Å². The van der Waals surface area contributed by atoms with Gasteiger partial charge >= 0.3 is 0 Å². The fourth-order valence-electron chi connectivity index (χ4n) is 1.69. The molecule has 3 heteroatoms. The number of rotatable bonds is 2. The monoisotopic (exact) mass is 264 g/mol. The van der Waals surface area contributed by atoms with E-state index in [0.29, 0.717) is 6.42 Å². The third kappa shape index (κ3) is 2.20. The van der Waals surface area contributed by atoms with Crippen molar-refractivity contribution in [1.29, 1.82) is 0 Å². The summed E-state index contributed by atoms with van der Waals surface area (Å²) in [6.45, 7) is 0. The predicted octanol–water partition coefficient (Wildman–Crippen LogP) is 2.39. The van der Waals surface area contributed by atoms with Crippen LogP contribution in [0, 0.1) is 0 Å². The molecule has 4 N–H and O–H groups in total. The van der Waals surface area contributed by atoms with Crippen LogP contribution in [0.2, 0.25) is 0 Å². The van der Waals surface area contributed by atoms with Crippen LogP contribution in [0.5, 0.6) is 0 Å². The topological polar surface area (TPSA) is 52.0 Å². The summed E-state index contributed by atoms with van der Waals surface area (Å²) >= 11 is 3.60. The smallest absolute Gasteiger partial charge is 0.0562 e. The van der Waals surface area contributed by atoms with Crippen molar-refractivity contribution in [1.82, 2.24) is 0 Å². The van der Waals surface area contributed by atoms with Crippen molar-refractivity contribution in [2.75, 3.05) is 0 Å². The summed E-state index contributed by atoms with van der Waals surface area (Å²) in [7, 11) is 0. The second-order valence-electron chi connectivity index (χ2n) is 3.63. The molecule has 2 aromatic rings. The lowest BCUT2D eigenvalue weighted by Crippen LogP contribution is -2.32. The van der Waals surface area contributed by atoms with Gasteiger partial charge in [-0.1, -0.05) is 36.4 Å². The zero-order chi connectivity index (χ0) is 10.8. The van der Waals surface area contributed by atoms with Crippen molar-refractivity contribution in [3.05, 3.63) is 46.4 Å². The molecule has 15 heavy (non-hydrogen) atoms. The molecule has 2 nitrogen and oxygen atoms in total. The van der Waals surface area contributed by atoms with Crippen LogP contribution in [-0.2, 0) is 6.42 Å². The molecule has 0 aliphatic rings. The van der Waals surface area contributed by atoms with Crippen LogP contribution >= 0.6 is 15.9 Å². The zero-order valence-electron chi connectivity index (χ0n) is 8.28. The fraction of sp³-hybridized carbons (Fsp3) is 0.167. The summed E-state index contributed by atoms with van der Waals surface area (Å²) in [5, 5.41) is 2.43. The van der Waals surface area contributed by atoms with E-state index in [1.807, 2.05) is 12.1 Å². The molecule has 0 bridgehead atoms. The standard InChI is InChI=1S/C12H13BrN2/c13-12-9(7-11(14)15)6-5-8-3-1-2-4-10(8)12/h1-6,11H,7,14-15H2. The van der Waals surface area contributed by atoms with Crippen LogP contribution in [0.15, 0.2) is 40.9 Å². The highest BCUT2D eigenvalue weighted by molar-refractivity contribution is 9.10. The highest BCUT2D eigenvalue weighted by Crippen LogP contribution is 2.27. The van der Waals surface area contributed by atoms with Crippen LogP contribution in [0.25, 0.3) is 10.8 Å². The van der Waals surface area contributed by atoms with Gasteiger partial charge in [0.25, 0.3) is 0 Å². The van der Waals surface area contributed by atoms with Crippen molar-refractivity contribution in [3.63, 3.8) is 0 Å². The molecule has 0 unspecified atom stereocenters. The highest BCUT2D eigenvalue weighted by atomic mass is 79.9. The number of hydrogen-bond donors (Lipinski definition) is 2. The first kappa shape index (κ1) is 10.6. The second kappa shape index (κ2) is 4.31. The van der Waals surface area contributed by atoms with Gasteiger partial charge in [-0.3, -0.25) is 0 Å². The van der Waals surface area contributed by atoms with Gasteiger partial charge < -0.3 is 11.5 Å². The van der Waals surface area contributed by atoms with E-state index >= 15 is 0 Å². The van der Waals surface area contributed by atoms with Crippen LogP contribution in [0.3, 0.4) is 0 Å². The van der Waals surface area contributed by atoms with Crippen molar-refractivity contribution >= 4 is 26.7 Å². The molecule has 0 saturated carbocycles. The first-order valence-corrected chi connectivity index (χ1v) is 5.65. The first-order chi connectivity index (χ1) is 7.18. The summed E-state index contributed by atoms with van der Waals surface area (Å²) in [6, 6.07) is 12.4. The Balaban J connectivity index is 2.55. The molecule has 0 radical (unpaired) electrons. The van der Waals surface area contributed by atoms with Gasteiger partial charge in [-0.25, -0.2) is 0 Å². The Morgan fingerprint density at radius 1 is 1.07 bits per heavy atom. The van der Waals surface area contributed by atoms with Crippen molar-refractivity contribution in [2.24, 2.45) is 11.5 Å². The molecular weight excluding hydrogens is 252 g/mol. The molecule has 0 aliphatic heterocycles. The third-order valence-corrected chi connectivity index (χ3v) is 3.34. The minimum Gasteiger partial charge on any atom is -0.316 e. The lowest BCUT2D eigenvalue weighted by atomic mass is 10.0. The predicted molar refractivity (Wildman–Crippen MR) is 67.5 cm³/mol. The second-order valence-corrected chi connectivity index (χ2v) is 4.42. The molecular formula is C12H13BrN2. The van der Waals surface area contributed by atoms with Gasteiger partial charge in [0.2, 0.25) is 0 Å². The zero-order valence-corrected chi connectivity index (χ0v) is 9.87. The molecule has 2 rings (SSSR count). The van der Waals surface area contributed by atoms with Crippen molar-refractivity contribution in [3.8, 4) is 0 Å². The summed E-state index contributed by atoms with van der Waals surface area (Å²) in [5.41, 5.74) is 12.3. The number of nitrogens with two attached hydrogens (primary N) is 2. The Labute approximate surface area is 97.4 Å². The third-order valence-electron chi connectivity index (χ3n) is 2.40. The van der Waals surface area contributed by atoms with E-state index in [0.717, 1.165) is 10.0 Å². The average Bonchev–Trinajstić information content (AvgIpc) is 2.22. The summed E-state index contributed by atoms with van der Waals surface area (Å²) in [5.74, 6) is 0. The van der Waals surface area contributed by atoms with Gasteiger partial charge in [-0.15, -0.1) is 0 Å². The van der Waals surface area contributed by atoms with Gasteiger partial charge in [0, 0.05) is 10.9 Å². The normalized spacial score (nSPS) is 11.2. The minimum absolute atomic E-state index is 0.303. The molecule has 78 valence electrons. The van der Waals surface area contributed by atoms with E-state index in [2.05, 4.69) is 40.2 Å². The van der Waals surface area contributed by atoms with Gasteiger partial charge in [0.15, 0.2) is 0 Å². The average molecular weight is 265 g/mol. The van der Waals surface area contributed by atoms with Crippen LogP contribution < -0.4 is 11.5 Å². The van der Waals surface area contributed by atoms with Crippen LogP contribution in [-0.4, -0.2) is 6.17 Å². The fourth-order valence-corrected chi connectivity index (χ4v) is 2.35. The van der Waals surface area contributed by atoms with E-state index in [-0.39, 0.29) is 6.17 Å². The summed E-state index contributed by atoms with van der Waals surface area (Å²) in [4.78, 5) is 0. The van der Waals surface area contributed by atoms with Crippen molar-refractivity contribution < 1.29 is 0 Å². The van der Waals surface area contributed by atoms with E-state index in [4.69, 9.17) is 11.5 Å². The van der Waals surface area contributed by atoms with Gasteiger partial charge in [-0.2, -0.15) is 0 Å². The molecule has 0 amide bonds. The van der Waals surface area contributed by atoms with E-state index in [1.165, 1.54) is 10.8 Å². The maximum atomic E-state index is 5.59. The molecule has 0 heterocycles. The maximum Gasteiger partial charge on any atom is 0.0562 e. The molecule has 0 atom stereocenters.